The first-order chi connectivity index (χ1) is 13.1. The number of nitrogens with zero attached hydrogens (tertiary/aromatic N) is 2. The molecule has 0 aliphatic rings. The van der Waals surface area contributed by atoms with Crippen LogP contribution in [0.2, 0.25) is 0 Å². The van der Waals surface area contributed by atoms with Gasteiger partial charge in [0.15, 0.2) is 5.69 Å². The Morgan fingerprint density at radius 3 is 2.48 bits per heavy atom. The van der Waals surface area contributed by atoms with Crippen LogP contribution in [0.3, 0.4) is 0 Å². The standard InChI is InChI=1S/C21H24N4O2/c1-24(15-16-9-4-3-5-10-16)14-8-13-22-20(26)19-17-11-6-7-12-18(17)21(27)25(2)23-19/h3-7,9-12H,8,13-15H2,1-2H3,(H,22,26)/p+1. The molecule has 1 amide bonds. The topological polar surface area (TPSA) is 68.4 Å². The van der Waals surface area contributed by atoms with Gasteiger partial charge in [0.2, 0.25) is 0 Å². The highest BCUT2D eigenvalue weighted by molar-refractivity contribution is 6.04. The molecule has 2 aromatic carbocycles. The number of hydrogen-bond donors (Lipinski definition) is 2. The van der Waals surface area contributed by atoms with Gasteiger partial charge in [-0.2, -0.15) is 5.10 Å². The Hall–Kier alpha value is -2.99. The van der Waals surface area contributed by atoms with Crippen molar-refractivity contribution in [3.8, 4) is 0 Å². The third-order valence-corrected chi connectivity index (χ3v) is 4.59. The molecule has 0 saturated carbocycles. The maximum absolute atomic E-state index is 12.6. The first-order valence-corrected chi connectivity index (χ1v) is 9.15. The van der Waals surface area contributed by atoms with Crippen LogP contribution in [0, 0.1) is 0 Å². The van der Waals surface area contributed by atoms with E-state index in [1.54, 1.807) is 25.2 Å². The second kappa shape index (κ2) is 8.60. The predicted octanol–water partition coefficient (Wildman–Crippen LogP) is 0.768. The molecule has 0 spiro atoms. The van der Waals surface area contributed by atoms with Crippen LogP contribution in [0.15, 0.2) is 59.4 Å². The summed E-state index contributed by atoms with van der Waals surface area (Å²) in [5, 5.41) is 8.18. The van der Waals surface area contributed by atoms with Crippen LogP contribution in [0.1, 0.15) is 22.5 Å². The molecule has 0 bridgehead atoms. The summed E-state index contributed by atoms with van der Waals surface area (Å²) >= 11 is 0. The molecule has 1 heterocycles. The second-order valence-electron chi connectivity index (χ2n) is 6.80. The summed E-state index contributed by atoms with van der Waals surface area (Å²) in [5.74, 6) is -0.248. The Morgan fingerprint density at radius 1 is 1.07 bits per heavy atom. The van der Waals surface area contributed by atoms with Crippen molar-refractivity contribution in [2.75, 3.05) is 20.1 Å². The fourth-order valence-electron chi connectivity index (χ4n) is 3.18. The summed E-state index contributed by atoms with van der Waals surface area (Å²) < 4.78 is 1.22. The average molecular weight is 365 g/mol. The molecule has 6 heteroatoms. The number of nitrogens with one attached hydrogen (secondary N) is 2. The highest BCUT2D eigenvalue weighted by Crippen LogP contribution is 2.12. The molecule has 1 aromatic heterocycles. The number of benzene rings is 2. The lowest BCUT2D eigenvalue weighted by Gasteiger charge is -2.14. The molecule has 0 fully saturated rings. The van der Waals surface area contributed by atoms with E-state index in [-0.39, 0.29) is 17.2 Å². The molecule has 0 radical (unpaired) electrons. The van der Waals surface area contributed by atoms with Crippen molar-refractivity contribution in [2.24, 2.45) is 7.05 Å². The monoisotopic (exact) mass is 365 g/mol. The van der Waals surface area contributed by atoms with E-state index in [2.05, 4.69) is 29.6 Å². The van der Waals surface area contributed by atoms with Gasteiger partial charge in [-0.1, -0.05) is 48.5 Å². The van der Waals surface area contributed by atoms with Crippen molar-refractivity contribution >= 4 is 16.7 Å². The van der Waals surface area contributed by atoms with Gasteiger partial charge in [0.1, 0.15) is 6.54 Å². The van der Waals surface area contributed by atoms with E-state index in [0.717, 1.165) is 19.5 Å². The fraction of sp³-hybridized carbons (Fsp3) is 0.286. The van der Waals surface area contributed by atoms with E-state index >= 15 is 0 Å². The van der Waals surface area contributed by atoms with E-state index in [0.29, 0.717) is 17.3 Å². The Bertz CT molecular complexity index is 982. The summed E-state index contributed by atoms with van der Waals surface area (Å²) in [6, 6.07) is 17.4. The zero-order chi connectivity index (χ0) is 19.2. The molecule has 0 saturated heterocycles. The van der Waals surface area contributed by atoms with E-state index < -0.39 is 0 Å². The molecule has 0 aliphatic carbocycles. The van der Waals surface area contributed by atoms with Gasteiger partial charge >= 0.3 is 0 Å². The van der Waals surface area contributed by atoms with Crippen LogP contribution in [-0.2, 0) is 13.6 Å². The summed E-state index contributed by atoms with van der Waals surface area (Å²) in [6.45, 7) is 2.49. The smallest absolute Gasteiger partial charge is 0.274 e. The summed E-state index contributed by atoms with van der Waals surface area (Å²) in [5.41, 5.74) is 1.39. The van der Waals surface area contributed by atoms with Crippen molar-refractivity contribution in [2.45, 2.75) is 13.0 Å². The lowest BCUT2D eigenvalue weighted by molar-refractivity contribution is -0.893. The van der Waals surface area contributed by atoms with Gasteiger partial charge in [-0.3, -0.25) is 9.59 Å². The highest BCUT2D eigenvalue weighted by Gasteiger charge is 2.15. The zero-order valence-electron chi connectivity index (χ0n) is 15.7. The SMILES string of the molecule is Cn1nc(C(=O)NCCC[NH+](C)Cc2ccccc2)c2ccccc2c1=O. The van der Waals surface area contributed by atoms with Crippen LogP contribution in [0.25, 0.3) is 10.8 Å². The second-order valence-corrected chi connectivity index (χ2v) is 6.80. The number of carbonyl (C=O) groups is 1. The van der Waals surface area contributed by atoms with Gasteiger partial charge < -0.3 is 10.2 Å². The van der Waals surface area contributed by atoms with Crippen LogP contribution in [0.4, 0.5) is 0 Å². The molecule has 1 atom stereocenters. The lowest BCUT2D eigenvalue weighted by Crippen LogP contribution is -3.07. The number of rotatable bonds is 7. The maximum Gasteiger partial charge on any atom is 0.274 e. The average Bonchev–Trinajstić information content (AvgIpc) is 2.68. The zero-order valence-corrected chi connectivity index (χ0v) is 15.7. The Morgan fingerprint density at radius 2 is 1.74 bits per heavy atom. The number of quaternary nitrogens is 1. The van der Waals surface area contributed by atoms with Crippen molar-refractivity contribution in [1.82, 2.24) is 15.1 Å². The van der Waals surface area contributed by atoms with Gasteiger partial charge in [0.25, 0.3) is 11.5 Å². The molecule has 0 aliphatic heterocycles. The van der Waals surface area contributed by atoms with Gasteiger partial charge in [0, 0.05) is 31.0 Å². The van der Waals surface area contributed by atoms with Crippen molar-refractivity contribution < 1.29 is 9.69 Å². The number of aryl methyl sites for hydroxylation is 1. The molecule has 6 nitrogen and oxygen atoms in total. The third kappa shape index (κ3) is 4.60. The highest BCUT2D eigenvalue weighted by atomic mass is 16.2. The molecule has 140 valence electrons. The molecular formula is C21H25N4O2+. The predicted molar refractivity (Wildman–Crippen MR) is 106 cm³/mol. The van der Waals surface area contributed by atoms with Crippen LogP contribution >= 0.6 is 0 Å². The van der Waals surface area contributed by atoms with Crippen LogP contribution < -0.4 is 15.8 Å². The van der Waals surface area contributed by atoms with E-state index in [1.165, 1.54) is 15.1 Å². The number of carbonyl (C=O) groups excluding carboxylic acids is 1. The largest absolute Gasteiger partial charge is 0.350 e. The van der Waals surface area contributed by atoms with Gasteiger partial charge in [-0.05, 0) is 6.07 Å². The fourth-order valence-corrected chi connectivity index (χ4v) is 3.18. The van der Waals surface area contributed by atoms with Gasteiger partial charge in [-0.15, -0.1) is 0 Å². The third-order valence-electron chi connectivity index (χ3n) is 4.59. The molecule has 27 heavy (non-hydrogen) atoms. The van der Waals surface area contributed by atoms with Crippen LogP contribution in [-0.4, -0.2) is 35.8 Å². The summed E-state index contributed by atoms with van der Waals surface area (Å²) in [7, 11) is 3.71. The number of hydrogen-bond acceptors (Lipinski definition) is 3. The minimum Gasteiger partial charge on any atom is -0.350 e. The maximum atomic E-state index is 12.6. The Balaban J connectivity index is 1.56. The molecule has 3 rings (SSSR count). The Labute approximate surface area is 158 Å². The Kier molecular flexibility index (Phi) is 5.98. The summed E-state index contributed by atoms with van der Waals surface area (Å²) in [6.07, 6.45) is 0.869. The normalized spacial score (nSPS) is 12.1. The lowest BCUT2D eigenvalue weighted by atomic mass is 10.1. The molecule has 3 aromatic rings. The molecule has 1 unspecified atom stereocenters. The first kappa shape index (κ1) is 18.8. The van der Waals surface area contributed by atoms with E-state index in [1.807, 2.05) is 24.3 Å². The first-order valence-electron chi connectivity index (χ1n) is 9.15. The van der Waals surface area contributed by atoms with Crippen molar-refractivity contribution in [3.63, 3.8) is 0 Å². The minimum absolute atomic E-state index is 0.201. The van der Waals surface area contributed by atoms with Crippen molar-refractivity contribution in [1.29, 1.82) is 0 Å². The minimum atomic E-state index is -0.248. The number of aromatic nitrogens is 2. The number of amides is 1. The van der Waals surface area contributed by atoms with Crippen molar-refractivity contribution in [3.05, 3.63) is 76.2 Å². The van der Waals surface area contributed by atoms with Gasteiger partial charge in [-0.25, -0.2) is 4.68 Å². The summed E-state index contributed by atoms with van der Waals surface area (Å²) in [4.78, 5) is 26.1. The van der Waals surface area contributed by atoms with E-state index in [9.17, 15) is 9.59 Å². The van der Waals surface area contributed by atoms with E-state index in [4.69, 9.17) is 0 Å². The quantitative estimate of drug-likeness (QED) is 0.608. The van der Waals surface area contributed by atoms with Crippen LogP contribution in [0.5, 0.6) is 0 Å². The number of fused-ring (bicyclic) bond motifs is 1. The van der Waals surface area contributed by atoms with Gasteiger partial charge in [0.05, 0.1) is 19.0 Å². The molecular weight excluding hydrogens is 340 g/mol. The molecule has 2 N–H and O–H groups in total.